The van der Waals surface area contributed by atoms with Gasteiger partial charge >= 0.3 is 0 Å². The first-order valence-electron chi connectivity index (χ1n) is 5.25. The van der Waals surface area contributed by atoms with Gasteiger partial charge in [0.25, 0.3) is 9.04 Å². The highest BCUT2D eigenvalue weighted by Gasteiger charge is 2.23. The van der Waals surface area contributed by atoms with Crippen LogP contribution in [0.3, 0.4) is 0 Å². The zero-order valence-electron chi connectivity index (χ0n) is 9.13. The second-order valence-corrected chi connectivity index (χ2v) is 6.33. The summed E-state index contributed by atoms with van der Waals surface area (Å²) in [6, 6.07) is 6.66. The maximum atomic E-state index is 5.80. The molecule has 0 aromatic heterocycles. The second-order valence-electron chi connectivity index (χ2n) is 4.31. The first kappa shape index (κ1) is 9.78. The largest absolute Gasteiger partial charge is 0.542 e. The van der Waals surface area contributed by atoms with Gasteiger partial charge in [-0.25, -0.2) is 0 Å². The molecule has 1 nitrogen and oxygen atoms in total. The minimum absolute atomic E-state index is 0.626. The first-order chi connectivity index (χ1) is 6.66. The van der Waals surface area contributed by atoms with Crippen LogP contribution in [-0.4, -0.2) is 9.04 Å². The van der Waals surface area contributed by atoms with Crippen molar-refractivity contribution in [1.29, 1.82) is 0 Å². The molecular formula is C12H17OSi. The molecule has 0 amide bonds. The Labute approximate surface area is 87.8 Å². The van der Waals surface area contributed by atoms with Crippen molar-refractivity contribution in [3.05, 3.63) is 29.3 Å². The molecule has 1 aromatic carbocycles. The van der Waals surface area contributed by atoms with Crippen LogP contribution in [0.25, 0.3) is 0 Å². The molecule has 0 atom stereocenters. The molecule has 14 heavy (non-hydrogen) atoms. The molecule has 0 heterocycles. The summed E-state index contributed by atoms with van der Waals surface area (Å²) in [5, 5.41) is 0. The molecule has 0 spiro atoms. The van der Waals surface area contributed by atoms with Gasteiger partial charge in [0, 0.05) is 0 Å². The minimum atomic E-state index is -0.626. The molecule has 75 valence electrons. The van der Waals surface area contributed by atoms with Crippen molar-refractivity contribution in [2.45, 2.75) is 38.8 Å². The van der Waals surface area contributed by atoms with Crippen molar-refractivity contribution < 1.29 is 4.43 Å². The fraction of sp³-hybridized carbons (Fsp3) is 0.500. The van der Waals surface area contributed by atoms with E-state index >= 15 is 0 Å². The van der Waals surface area contributed by atoms with Gasteiger partial charge in [-0.05, 0) is 56.0 Å². The number of hydrogen-bond acceptors (Lipinski definition) is 1. The van der Waals surface area contributed by atoms with Gasteiger partial charge in [-0.3, -0.25) is 0 Å². The van der Waals surface area contributed by atoms with Crippen LogP contribution in [0.2, 0.25) is 13.1 Å². The molecule has 2 rings (SSSR count). The minimum Gasteiger partial charge on any atom is -0.542 e. The SMILES string of the molecule is Cc1cc(C2CC2)ccc1O[Si](C)C. The molecule has 0 saturated heterocycles. The van der Waals surface area contributed by atoms with Crippen LogP contribution >= 0.6 is 0 Å². The number of hydrogen-bond donors (Lipinski definition) is 0. The Balaban J connectivity index is 2.17. The summed E-state index contributed by atoms with van der Waals surface area (Å²) in [5.41, 5.74) is 2.79. The van der Waals surface area contributed by atoms with E-state index in [0.717, 1.165) is 11.7 Å². The van der Waals surface area contributed by atoms with Gasteiger partial charge < -0.3 is 4.43 Å². The van der Waals surface area contributed by atoms with E-state index in [1.165, 1.54) is 24.0 Å². The zero-order valence-corrected chi connectivity index (χ0v) is 10.1. The van der Waals surface area contributed by atoms with Gasteiger partial charge in [0.15, 0.2) is 0 Å². The fourth-order valence-corrected chi connectivity index (χ4v) is 2.35. The lowest BCUT2D eigenvalue weighted by atomic mass is 10.1. The highest BCUT2D eigenvalue weighted by molar-refractivity contribution is 6.49. The normalized spacial score (nSPS) is 16.0. The van der Waals surface area contributed by atoms with Crippen molar-refractivity contribution in [2.75, 3.05) is 0 Å². The summed E-state index contributed by atoms with van der Waals surface area (Å²) in [5.74, 6) is 1.92. The average molecular weight is 205 g/mol. The second kappa shape index (κ2) is 3.77. The molecule has 0 unspecified atom stereocenters. The van der Waals surface area contributed by atoms with Crippen LogP contribution in [-0.2, 0) is 0 Å². The highest BCUT2D eigenvalue weighted by Crippen LogP contribution is 2.41. The van der Waals surface area contributed by atoms with Crippen molar-refractivity contribution in [3.63, 3.8) is 0 Å². The van der Waals surface area contributed by atoms with Crippen molar-refractivity contribution in [1.82, 2.24) is 0 Å². The molecule has 1 radical (unpaired) electrons. The summed E-state index contributed by atoms with van der Waals surface area (Å²) in [7, 11) is -0.626. The van der Waals surface area contributed by atoms with Crippen LogP contribution in [0.4, 0.5) is 0 Å². The van der Waals surface area contributed by atoms with E-state index in [9.17, 15) is 0 Å². The Morgan fingerprint density at radius 3 is 2.50 bits per heavy atom. The standard InChI is InChI=1S/C12H17OSi/c1-9-8-11(10-4-5-10)6-7-12(9)13-14(2)3/h6-8,10H,4-5H2,1-3H3. The summed E-state index contributed by atoms with van der Waals surface area (Å²) >= 11 is 0. The maximum absolute atomic E-state index is 5.80. The van der Waals surface area contributed by atoms with Crippen molar-refractivity contribution >= 4 is 9.04 Å². The van der Waals surface area contributed by atoms with Crippen LogP contribution in [0.5, 0.6) is 5.75 Å². The molecule has 1 fully saturated rings. The van der Waals surface area contributed by atoms with E-state index in [4.69, 9.17) is 4.43 Å². The highest BCUT2D eigenvalue weighted by atomic mass is 28.3. The first-order valence-corrected chi connectivity index (χ1v) is 7.66. The lowest BCUT2D eigenvalue weighted by molar-refractivity contribution is 0.575. The number of rotatable bonds is 3. The van der Waals surface area contributed by atoms with Crippen LogP contribution in [0.15, 0.2) is 18.2 Å². The molecule has 1 aliphatic rings. The number of aryl methyl sites for hydroxylation is 1. The van der Waals surface area contributed by atoms with E-state index in [1.807, 2.05) is 0 Å². The average Bonchev–Trinajstić information content (AvgIpc) is 2.90. The molecule has 1 aliphatic carbocycles. The fourth-order valence-electron chi connectivity index (χ4n) is 1.68. The third-order valence-corrected chi connectivity index (χ3v) is 3.19. The number of benzene rings is 1. The predicted molar refractivity (Wildman–Crippen MR) is 61.3 cm³/mol. The lowest BCUT2D eigenvalue weighted by Crippen LogP contribution is -2.11. The van der Waals surface area contributed by atoms with E-state index in [0.29, 0.717) is 0 Å². The van der Waals surface area contributed by atoms with Crippen LogP contribution < -0.4 is 4.43 Å². The van der Waals surface area contributed by atoms with Gasteiger partial charge in [-0.15, -0.1) is 0 Å². The summed E-state index contributed by atoms with van der Waals surface area (Å²) < 4.78 is 5.80. The molecule has 0 N–H and O–H groups in total. The van der Waals surface area contributed by atoms with Gasteiger partial charge in [-0.2, -0.15) is 0 Å². The van der Waals surface area contributed by atoms with Crippen LogP contribution in [0.1, 0.15) is 29.9 Å². The topological polar surface area (TPSA) is 9.23 Å². The third kappa shape index (κ3) is 2.18. The Hall–Kier alpha value is -0.763. The van der Waals surface area contributed by atoms with Gasteiger partial charge in [0.05, 0.1) is 0 Å². The molecule has 0 aliphatic heterocycles. The van der Waals surface area contributed by atoms with Crippen LogP contribution in [0, 0.1) is 6.92 Å². The summed E-state index contributed by atoms with van der Waals surface area (Å²) in [6.07, 6.45) is 2.74. The molecule has 2 heteroatoms. The Morgan fingerprint density at radius 1 is 1.29 bits per heavy atom. The smallest absolute Gasteiger partial charge is 0.274 e. The summed E-state index contributed by atoms with van der Waals surface area (Å²) in [4.78, 5) is 0. The van der Waals surface area contributed by atoms with Gasteiger partial charge in [0.2, 0.25) is 0 Å². The van der Waals surface area contributed by atoms with Crippen molar-refractivity contribution in [3.8, 4) is 5.75 Å². The quantitative estimate of drug-likeness (QED) is 0.686. The molecule has 0 bridgehead atoms. The molecular weight excluding hydrogens is 188 g/mol. The van der Waals surface area contributed by atoms with E-state index in [1.54, 1.807) is 0 Å². The third-order valence-electron chi connectivity index (χ3n) is 2.56. The van der Waals surface area contributed by atoms with E-state index < -0.39 is 9.04 Å². The van der Waals surface area contributed by atoms with Crippen molar-refractivity contribution in [2.24, 2.45) is 0 Å². The van der Waals surface area contributed by atoms with Gasteiger partial charge in [0.1, 0.15) is 5.75 Å². The van der Waals surface area contributed by atoms with Gasteiger partial charge in [-0.1, -0.05) is 12.1 Å². The maximum Gasteiger partial charge on any atom is 0.274 e. The Bertz CT molecular complexity index is 329. The molecule has 1 aromatic rings. The zero-order chi connectivity index (χ0) is 10.1. The Morgan fingerprint density at radius 2 is 2.00 bits per heavy atom. The van der Waals surface area contributed by atoms with E-state index in [2.05, 4.69) is 38.2 Å². The lowest BCUT2D eigenvalue weighted by Gasteiger charge is -2.12. The summed E-state index contributed by atoms with van der Waals surface area (Å²) in [6.45, 7) is 6.48. The Kier molecular flexibility index (Phi) is 2.64. The monoisotopic (exact) mass is 205 g/mol. The molecule has 1 saturated carbocycles. The van der Waals surface area contributed by atoms with E-state index in [-0.39, 0.29) is 0 Å². The predicted octanol–water partition coefficient (Wildman–Crippen LogP) is 3.50.